The Bertz CT molecular complexity index is 597. The van der Waals surface area contributed by atoms with E-state index in [1.807, 2.05) is 55.5 Å². The minimum absolute atomic E-state index is 0.0868. The molecule has 1 saturated heterocycles. The molecule has 2 nitrogen and oxygen atoms in total. The Balaban J connectivity index is 1.61. The summed E-state index contributed by atoms with van der Waals surface area (Å²) in [5.74, 6) is 0. The summed E-state index contributed by atoms with van der Waals surface area (Å²) in [6.07, 6.45) is 1.97. The van der Waals surface area contributed by atoms with Gasteiger partial charge in [0.25, 0.3) is 0 Å². The van der Waals surface area contributed by atoms with Gasteiger partial charge in [0.15, 0.2) is 4.93 Å². The van der Waals surface area contributed by atoms with Crippen molar-refractivity contribution in [3.63, 3.8) is 0 Å². The average Bonchev–Trinajstić information content (AvgIpc) is 3.18. The van der Waals surface area contributed by atoms with Crippen molar-refractivity contribution in [2.45, 2.75) is 35.7 Å². The first-order valence-corrected chi connectivity index (χ1v) is 8.04. The lowest BCUT2D eigenvalue weighted by Crippen LogP contribution is -2.18. The van der Waals surface area contributed by atoms with E-state index in [-0.39, 0.29) is 6.10 Å². The van der Waals surface area contributed by atoms with Crippen molar-refractivity contribution in [1.29, 1.82) is 0 Å². The second-order valence-electron chi connectivity index (χ2n) is 5.23. The molecule has 0 amide bonds. The molecule has 3 heteroatoms. The zero-order chi connectivity index (χ0) is 14.0. The molecule has 1 aliphatic rings. The zero-order valence-corrected chi connectivity index (χ0v) is 12.3. The lowest BCUT2D eigenvalue weighted by Gasteiger charge is -2.07. The van der Waals surface area contributed by atoms with Crippen LogP contribution in [0.2, 0.25) is 0 Å². The highest BCUT2D eigenvalue weighted by Crippen LogP contribution is 2.44. The first-order valence-electron chi connectivity index (χ1n) is 6.89. The second kappa shape index (κ2) is 5.51. The summed E-state index contributed by atoms with van der Waals surface area (Å²) in [5.41, 5.74) is 1.30. The monoisotopic (exact) mass is 286 g/mol. The predicted octanol–water partition coefficient (Wildman–Crippen LogP) is 3.54. The number of benzene rings is 2. The highest BCUT2D eigenvalue weighted by atomic mass is 32.2. The van der Waals surface area contributed by atoms with E-state index in [4.69, 9.17) is 4.74 Å². The van der Waals surface area contributed by atoms with Gasteiger partial charge in [0.2, 0.25) is 0 Å². The molecule has 0 aliphatic carbocycles. The van der Waals surface area contributed by atoms with Gasteiger partial charge in [0.05, 0.1) is 10.8 Å². The van der Waals surface area contributed by atoms with Crippen molar-refractivity contribution in [2.24, 2.45) is 0 Å². The summed E-state index contributed by atoms with van der Waals surface area (Å²) in [4.78, 5) is 0.327. The number of epoxide rings is 1. The van der Waals surface area contributed by atoms with Crippen molar-refractivity contribution in [3.8, 4) is 0 Å². The van der Waals surface area contributed by atoms with Crippen LogP contribution in [0.5, 0.6) is 0 Å². The SMILES string of the molecule is CC1(S(=O)c2ccccc2)OC1CCc1ccccc1. The normalized spacial score (nSPS) is 26.1. The molecule has 1 aliphatic heterocycles. The highest BCUT2D eigenvalue weighted by Gasteiger charge is 2.57. The third-order valence-corrected chi connectivity index (χ3v) is 5.56. The van der Waals surface area contributed by atoms with Crippen molar-refractivity contribution in [2.75, 3.05) is 0 Å². The largest absolute Gasteiger partial charge is 0.352 e. The van der Waals surface area contributed by atoms with Crippen LogP contribution in [0, 0.1) is 0 Å². The van der Waals surface area contributed by atoms with E-state index >= 15 is 0 Å². The third-order valence-electron chi connectivity index (χ3n) is 3.77. The fourth-order valence-electron chi connectivity index (χ4n) is 2.45. The van der Waals surface area contributed by atoms with Crippen LogP contribution >= 0.6 is 0 Å². The first kappa shape index (κ1) is 13.5. The van der Waals surface area contributed by atoms with Crippen LogP contribution in [0.4, 0.5) is 0 Å². The summed E-state index contributed by atoms with van der Waals surface area (Å²) in [6.45, 7) is 1.95. The van der Waals surface area contributed by atoms with E-state index in [0.717, 1.165) is 17.7 Å². The van der Waals surface area contributed by atoms with Gasteiger partial charge in [-0.25, -0.2) is 0 Å². The van der Waals surface area contributed by atoms with Gasteiger partial charge in [-0.05, 0) is 37.5 Å². The van der Waals surface area contributed by atoms with Crippen molar-refractivity contribution in [3.05, 3.63) is 66.2 Å². The van der Waals surface area contributed by atoms with Crippen molar-refractivity contribution >= 4 is 10.8 Å². The molecule has 0 saturated carbocycles. The maximum atomic E-state index is 12.5. The maximum Gasteiger partial charge on any atom is 0.171 e. The number of hydrogen-bond donors (Lipinski definition) is 0. The molecule has 0 bridgehead atoms. The molecule has 0 aromatic heterocycles. The van der Waals surface area contributed by atoms with E-state index in [0.29, 0.717) is 0 Å². The first-order chi connectivity index (χ1) is 9.70. The van der Waals surface area contributed by atoms with Gasteiger partial charge in [-0.1, -0.05) is 48.5 Å². The number of ether oxygens (including phenoxy) is 1. The van der Waals surface area contributed by atoms with Gasteiger partial charge in [-0.3, -0.25) is 4.21 Å². The predicted molar refractivity (Wildman–Crippen MR) is 80.9 cm³/mol. The van der Waals surface area contributed by atoms with Gasteiger partial charge in [0, 0.05) is 4.90 Å². The van der Waals surface area contributed by atoms with Crippen molar-refractivity contribution < 1.29 is 8.95 Å². The van der Waals surface area contributed by atoms with Crippen LogP contribution in [0.25, 0.3) is 0 Å². The molecule has 3 unspecified atom stereocenters. The minimum atomic E-state index is -1.10. The molecule has 0 radical (unpaired) electrons. The number of hydrogen-bond acceptors (Lipinski definition) is 2. The fourth-order valence-corrected chi connectivity index (χ4v) is 3.89. The summed E-state index contributed by atoms with van der Waals surface area (Å²) in [5, 5.41) is 0. The Kier molecular flexibility index (Phi) is 3.72. The van der Waals surface area contributed by atoms with E-state index in [9.17, 15) is 4.21 Å². The van der Waals surface area contributed by atoms with Crippen molar-refractivity contribution in [1.82, 2.24) is 0 Å². The molecule has 1 heterocycles. The molecular weight excluding hydrogens is 268 g/mol. The molecule has 2 aromatic rings. The van der Waals surface area contributed by atoms with Crippen LogP contribution in [0.15, 0.2) is 65.6 Å². The molecule has 104 valence electrons. The lowest BCUT2D eigenvalue weighted by molar-refractivity contribution is 0.354. The summed E-state index contributed by atoms with van der Waals surface area (Å²) in [6, 6.07) is 19.9. The average molecular weight is 286 g/mol. The van der Waals surface area contributed by atoms with E-state index in [2.05, 4.69) is 12.1 Å². The molecule has 1 fully saturated rings. The van der Waals surface area contributed by atoms with Gasteiger partial charge in [0.1, 0.15) is 6.10 Å². The van der Waals surface area contributed by atoms with Crippen LogP contribution < -0.4 is 0 Å². The van der Waals surface area contributed by atoms with Gasteiger partial charge >= 0.3 is 0 Å². The van der Waals surface area contributed by atoms with E-state index in [1.54, 1.807) is 0 Å². The quantitative estimate of drug-likeness (QED) is 0.787. The molecule has 3 rings (SSSR count). The molecule has 3 atom stereocenters. The van der Waals surface area contributed by atoms with Crippen LogP contribution in [-0.4, -0.2) is 15.2 Å². The van der Waals surface area contributed by atoms with Gasteiger partial charge in [-0.2, -0.15) is 0 Å². The van der Waals surface area contributed by atoms with Crippen LogP contribution in [0.3, 0.4) is 0 Å². The Morgan fingerprint density at radius 3 is 2.30 bits per heavy atom. The smallest absolute Gasteiger partial charge is 0.171 e. The van der Waals surface area contributed by atoms with Gasteiger partial charge in [-0.15, -0.1) is 0 Å². The lowest BCUT2D eigenvalue weighted by atomic mass is 10.1. The summed E-state index contributed by atoms with van der Waals surface area (Å²) < 4.78 is 18.3. The highest BCUT2D eigenvalue weighted by molar-refractivity contribution is 7.86. The summed E-state index contributed by atoms with van der Waals surface area (Å²) in [7, 11) is -1.10. The Morgan fingerprint density at radius 2 is 1.65 bits per heavy atom. The Morgan fingerprint density at radius 1 is 1.05 bits per heavy atom. The molecule has 0 spiro atoms. The maximum absolute atomic E-state index is 12.5. The second-order valence-corrected chi connectivity index (χ2v) is 7.05. The molecule has 2 aromatic carbocycles. The summed E-state index contributed by atoms with van der Waals surface area (Å²) >= 11 is 0. The van der Waals surface area contributed by atoms with E-state index in [1.165, 1.54) is 5.56 Å². The standard InChI is InChI=1S/C17H18O2S/c1-17(20(18)15-10-6-3-7-11-15)16(19-17)13-12-14-8-4-2-5-9-14/h2-11,16H,12-13H2,1H3. The van der Waals surface area contributed by atoms with E-state index < -0.39 is 15.7 Å². The Labute approximate surface area is 122 Å². The third kappa shape index (κ3) is 2.69. The topological polar surface area (TPSA) is 29.6 Å². The molecular formula is C17H18O2S. The fraction of sp³-hybridized carbons (Fsp3) is 0.294. The number of aryl methyl sites for hydroxylation is 1. The zero-order valence-electron chi connectivity index (χ0n) is 11.5. The molecule has 20 heavy (non-hydrogen) atoms. The van der Waals surface area contributed by atoms with Crippen LogP contribution in [-0.2, 0) is 22.0 Å². The number of rotatable bonds is 5. The van der Waals surface area contributed by atoms with Crippen LogP contribution in [0.1, 0.15) is 18.9 Å². The van der Waals surface area contributed by atoms with Gasteiger partial charge < -0.3 is 4.74 Å². The molecule has 0 N–H and O–H groups in total. The minimum Gasteiger partial charge on any atom is -0.352 e. The Hall–Kier alpha value is -1.45.